The Morgan fingerprint density at radius 3 is 2.60 bits per heavy atom. The van der Waals surface area contributed by atoms with Gasteiger partial charge in [0.05, 0.1) is 19.4 Å². The SMILES string of the molecule is CC(C)(C)OC(=O)c1ccc(CNCc2ccco2)o1. The summed E-state index contributed by atoms with van der Waals surface area (Å²) < 4.78 is 15.9. The number of nitrogens with one attached hydrogen (secondary N) is 1. The summed E-state index contributed by atoms with van der Waals surface area (Å²) in [7, 11) is 0. The zero-order valence-corrected chi connectivity index (χ0v) is 11.9. The lowest BCUT2D eigenvalue weighted by atomic mass is 10.2. The van der Waals surface area contributed by atoms with Crippen molar-refractivity contribution >= 4 is 5.97 Å². The second-order valence-corrected chi connectivity index (χ2v) is 5.45. The fourth-order valence-corrected chi connectivity index (χ4v) is 1.63. The van der Waals surface area contributed by atoms with Gasteiger partial charge < -0.3 is 18.9 Å². The van der Waals surface area contributed by atoms with Crippen LogP contribution in [-0.2, 0) is 17.8 Å². The van der Waals surface area contributed by atoms with E-state index in [0.717, 1.165) is 5.76 Å². The molecule has 5 heteroatoms. The highest BCUT2D eigenvalue weighted by molar-refractivity contribution is 5.86. The summed E-state index contributed by atoms with van der Waals surface area (Å²) in [5, 5.41) is 3.16. The highest BCUT2D eigenvalue weighted by Crippen LogP contribution is 2.14. The molecule has 0 aromatic carbocycles. The lowest BCUT2D eigenvalue weighted by Crippen LogP contribution is -2.23. The van der Waals surface area contributed by atoms with E-state index in [1.165, 1.54) is 0 Å². The minimum Gasteiger partial charge on any atom is -0.468 e. The van der Waals surface area contributed by atoms with Crippen LogP contribution < -0.4 is 5.32 Å². The predicted octanol–water partition coefficient (Wildman–Crippen LogP) is 3.12. The first-order chi connectivity index (χ1) is 9.44. The van der Waals surface area contributed by atoms with E-state index in [2.05, 4.69) is 5.32 Å². The van der Waals surface area contributed by atoms with E-state index in [1.54, 1.807) is 18.4 Å². The van der Waals surface area contributed by atoms with Crippen LogP contribution in [0.5, 0.6) is 0 Å². The van der Waals surface area contributed by atoms with E-state index in [1.807, 2.05) is 32.9 Å². The summed E-state index contributed by atoms with van der Waals surface area (Å²) in [6.07, 6.45) is 1.63. The standard InChI is InChI=1S/C15H19NO4/c1-15(2,3)20-14(17)13-7-6-12(19-13)10-16-9-11-5-4-8-18-11/h4-8,16H,9-10H2,1-3H3. The van der Waals surface area contributed by atoms with Gasteiger partial charge in [0.2, 0.25) is 5.76 Å². The van der Waals surface area contributed by atoms with Crippen molar-refractivity contribution in [3.05, 3.63) is 47.8 Å². The molecule has 2 aromatic heterocycles. The van der Waals surface area contributed by atoms with Crippen LogP contribution in [0.3, 0.4) is 0 Å². The quantitative estimate of drug-likeness (QED) is 0.851. The minimum atomic E-state index is -0.526. The maximum Gasteiger partial charge on any atom is 0.374 e. The lowest BCUT2D eigenvalue weighted by molar-refractivity contribution is 0.00342. The normalized spacial score (nSPS) is 11.6. The molecule has 20 heavy (non-hydrogen) atoms. The number of rotatable bonds is 5. The molecule has 0 atom stereocenters. The Bertz CT molecular complexity index is 549. The molecule has 0 aliphatic heterocycles. The molecule has 2 heterocycles. The van der Waals surface area contributed by atoms with Crippen LogP contribution in [0.2, 0.25) is 0 Å². The van der Waals surface area contributed by atoms with Crippen molar-refractivity contribution in [1.82, 2.24) is 5.32 Å². The van der Waals surface area contributed by atoms with Gasteiger partial charge in [-0.15, -0.1) is 0 Å². The van der Waals surface area contributed by atoms with Crippen LogP contribution in [0.25, 0.3) is 0 Å². The zero-order valence-electron chi connectivity index (χ0n) is 11.9. The predicted molar refractivity (Wildman–Crippen MR) is 73.1 cm³/mol. The molecule has 0 bridgehead atoms. The molecule has 0 spiro atoms. The third-order valence-electron chi connectivity index (χ3n) is 2.44. The lowest BCUT2D eigenvalue weighted by Gasteiger charge is -2.18. The van der Waals surface area contributed by atoms with Crippen molar-refractivity contribution in [3.8, 4) is 0 Å². The van der Waals surface area contributed by atoms with Crippen LogP contribution in [0.4, 0.5) is 0 Å². The van der Waals surface area contributed by atoms with Crippen LogP contribution in [0.15, 0.2) is 39.4 Å². The summed E-state index contributed by atoms with van der Waals surface area (Å²) in [6.45, 7) is 6.58. The molecule has 5 nitrogen and oxygen atoms in total. The van der Waals surface area contributed by atoms with Crippen molar-refractivity contribution in [2.75, 3.05) is 0 Å². The highest BCUT2D eigenvalue weighted by Gasteiger charge is 2.20. The van der Waals surface area contributed by atoms with Gasteiger partial charge in [-0.25, -0.2) is 4.79 Å². The van der Waals surface area contributed by atoms with E-state index in [9.17, 15) is 4.79 Å². The first-order valence-corrected chi connectivity index (χ1v) is 6.49. The number of esters is 1. The number of hydrogen-bond acceptors (Lipinski definition) is 5. The second-order valence-electron chi connectivity index (χ2n) is 5.45. The van der Waals surface area contributed by atoms with E-state index in [-0.39, 0.29) is 5.76 Å². The van der Waals surface area contributed by atoms with E-state index in [0.29, 0.717) is 18.8 Å². The van der Waals surface area contributed by atoms with Crippen molar-refractivity contribution in [3.63, 3.8) is 0 Å². The molecule has 0 saturated carbocycles. The Morgan fingerprint density at radius 1 is 1.20 bits per heavy atom. The molecule has 0 aliphatic carbocycles. The van der Waals surface area contributed by atoms with Gasteiger partial charge >= 0.3 is 5.97 Å². The number of carbonyl (C=O) groups is 1. The van der Waals surface area contributed by atoms with E-state index >= 15 is 0 Å². The van der Waals surface area contributed by atoms with Crippen molar-refractivity contribution in [1.29, 1.82) is 0 Å². The van der Waals surface area contributed by atoms with Gasteiger partial charge in [0.25, 0.3) is 0 Å². The molecule has 0 amide bonds. The molecule has 2 aromatic rings. The molecule has 0 saturated heterocycles. The Balaban J connectivity index is 1.84. The van der Waals surface area contributed by atoms with Crippen LogP contribution in [0.1, 0.15) is 42.8 Å². The van der Waals surface area contributed by atoms with Crippen LogP contribution in [0, 0.1) is 0 Å². The topological polar surface area (TPSA) is 64.6 Å². The van der Waals surface area contributed by atoms with Gasteiger partial charge in [-0.1, -0.05) is 0 Å². The van der Waals surface area contributed by atoms with Crippen LogP contribution in [-0.4, -0.2) is 11.6 Å². The third-order valence-corrected chi connectivity index (χ3v) is 2.44. The maximum atomic E-state index is 11.8. The summed E-state index contributed by atoms with van der Waals surface area (Å²) in [6, 6.07) is 7.11. The zero-order chi connectivity index (χ0) is 14.6. The van der Waals surface area contributed by atoms with Gasteiger partial charge in [0.1, 0.15) is 17.1 Å². The largest absolute Gasteiger partial charge is 0.468 e. The molecule has 2 rings (SSSR count). The second kappa shape index (κ2) is 5.96. The smallest absolute Gasteiger partial charge is 0.374 e. The summed E-state index contributed by atoms with van der Waals surface area (Å²) in [5.74, 6) is 1.30. The Kier molecular flexibility index (Phi) is 4.29. The number of carbonyl (C=O) groups excluding carboxylic acids is 1. The molecule has 108 valence electrons. The average molecular weight is 277 g/mol. The highest BCUT2D eigenvalue weighted by atomic mass is 16.6. The molecule has 1 N–H and O–H groups in total. The monoisotopic (exact) mass is 277 g/mol. The van der Waals surface area contributed by atoms with Crippen LogP contribution >= 0.6 is 0 Å². The first-order valence-electron chi connectivity index (χ1n) is 6.49. The van der Waals surface area contributed by atoms with Crippen molar-refractivity contribution in [2.24, 2.45) is 0 Å². The first kappa shape index (κ1) is 14.4. The summed E-state index contributed by atoms with van der Waals surface area (Å²) in [4.78, 5) is 11.8. The average Bonchev–Trinajstić information content (AvgIpc) is 2.97. The molecule has 0 unspecified atom stereocenters. The van der Waals surface area contributed by atoms with E-state index in [4.69, 9.17) is 13.6 Å². The molecule has 0 aliphatic rings. The third kappa shape index (κ3) is 4.28. The van der Waals surface area contributed by atoms with E-state index < -0.39 is 11.6 Å². The molecule has 0 fully saturated rings. The van der Waals surface area contributed by atoms with Gasteiger partial charge in [-0.05, 0) is 45.0 Å². The summed E-state index contributed by atoms with van der Waals surface area (Å²) in [5.41, 5.74) is -0.526. The van der Waals surface area contributed by atoms with Gasteiger partial charge in [0, 0.05) is 0 Å². The Morgan fingerprint density at radius 2 is 1.95 bits per heavy atom. The van der Waals surface area contributed by atoms with Gasteiger partial charge in [0.15, 0.2) is 0 Å². The molecular formula is C15H19NO4. The Labute approximate surface area is 117 Å². The number of furan rings is 2. The summed E-state index contributed by atoms with van der Waals surface area (Å²) >= 11 is 0. The molecule has 0 radical (unpaired) electrons. The van der Waals surface area contributed by atoms with Crippen molar-refractivity contribution < 1.29 is 18.4 Å². The number of hydrogen-bond donors (Lipinski definition) is 1. The van der Waals surface area contributed by atoms with Gasteiger partial charge in [-0.2, -0.15) is 0 Å². The van der Waals surface area contributed by atoms with Gasteiger partial charge in [-0.3, -0.25) is 0 Å². The molecular weight excluding hydrogens is 258 g/mol. The minimum absolute atomic E-state index is 0.217. The van der Waals surface area contributed by atoms with Crippen molar-refractivity contribution in [2.45, 2.75) is 39.5 Å². The fraction of sp³-hybridized carbons (Fsp3) is 0.400. The Hall–Kier alpha value is -2.01. The number of ether oxygens (including phenoxy) is 1. The fourth-order valence-electron chi connectivity index (χ4n) is 1.63. The maximum absolute atomic E-state index is 11.8.